The third-order valence-electron chi connectivity index (χ3n) is 3.64. The summed E-state index contributed by atoms with van der Waals surface area (Å²) in [6, 6.07) is 17.1. The van der Waals surface area contributed by atoms with E-state index in [0.717, 1.165) is 24.4 Å². The fraction of sp³-hybridized carbons (Fsp3) is 0.333. The number of hydrogen-bond donors (Lipinski definition) is 1. The van der Waals surface area contributed by atoms with Crippen LogP contribution in [-0.2, 0) is 12.8 Å². The first-order valence-electron chi connectivity index (χ1n) is 7.30. The van der Waals surface area contributed by atoms with E-state index >= 15 is 0 Å². The molecule has 0 radical (unpaired) electrons. The summed E-state index contributed by atoms with van der Waals surface area (Å²) in [5.74, 6) is 0. The second-order valence-corrected chi connectivity index (χ2v) is 5.37. The van der Waals surface area contributed by atoms with Gasteiger partial charge in [0.1, 0.15) is 0 Å². The summed E-state index contributed by atoms with van der Waals surface area (Å²) in [5.41, 5.74) is 3.99. The van der Waals surface area contributed by atoms with Crippen LogP contribution in [0.3, 0.4) is 0 Å². The Morgan fingerprint density at radius 3 is 2.25 bits per heavy atom. The molecule has 106 valence electrons. The summed E-state index contributed by atoms with van der Waals surface area (Å²) in [6.07, 6.45) is 1.98. The average molecular weight is 288 g/mol. The van der Waals surface area contributed by atoms with Crippen LogP contribution in [-0.4, -0.2) is 6.54 Å². The number of nitrogens with one attached hydrogen (secondary N) is 1. The first-order valence-corrected chi connectivity index (χ1v) is 7.68. The van der Waals surface area contributed by atoms with Gasteiger partial charge in [-0.05, 0) is 42.1 Å². The Bertz CT molecular complexity index is 551. The normalized spacial score (nSPS) is 12.3. The quantitative estimate of drug-likeness (QED) is 0.805. The number of hydrogen-bond acceptors (Lipinski definition) is 1. The van der Waals surface area contributed by atoms with Gasteiger partial charge in [0.15, 0.2) is 0 Å². The van der Waals surface area contributed by atoms with Gasteiger partial charge in [0.05, 0.1) is 0 Å². The molecule has 0 bridgehead atoms. The van der Waals surface area contributed by atoms with Crippen LogP contribution in [0, 0.1) is 0 Å². The minimum absolute atomic E-state index is 0.316. The number of benzene rings is 2. The van der Waals surface area contributed by atoms with Crippen LogP contribution in [0.1, 0.15) is 36.6 Å². The van der Waals surface area contributed by atoms with Crippen molar-refractivity contribution in [2.75, 3.05) is 6.54 Å². The summed E-state index contributed by atoms with van der Waals surface area (Å²) in [4.78, 5) is 0. The molecule has 0 fully saturated rings. The minimum Gasteiger partial charge on any atom is -0.310 e. The average Bonchev–Trinajstić information content (AvgIpc) is 2.49. The zero-order chi connectivity index (χ0) is 14.4. The molecule has 0 heterocycles. The topological polar surface area (TPSA) is 12.0 Å². The van der Waals surface area contributed by atoms with E-state index in [1.54, 1.807) is 0 Å². The van der Waals surface area contributed by atoms with E-state index in [1.165, 1.54) is 16.7 Å². The maximum Gasteiger partial charge on any atom is 0.0438 e. The second kappa shape index (κ2) is 7.47. The van der Waals surface area contributed by atoms with Crippen molar-refractivity contribution in [2.24, 2.45) is 0 Å². The summed E-state index contributed by atoms with van der Waals surface area (Å²) in [6.45, 7) is 5.30. The molecule has 1 atom stereocenters. The lowest BCUT2D eigenvalue weighted by Gasteiger charge is -2.22. The van der Waals surface area contributed by atoms with E-state index < -0.39 is 0 Å². The predicted molar refractivity (Wildman–Crippen MR) is 87.4 cm³/mol. The number of likely N-dealkylation sites (N-methyl/N-ethyl adjacent to an activating group) is 1. The number of aryl methyl sites for hydroxylation is 1. The Morgan fingerprint density at radius 2 is 1.60 bits per heavy atom. The van der Waals surface area contributed by atoms with Crippen molar-refractivity contribution in [3.63, 3.8) is 0 Å². The van der Waals surface area contributed by atoms with Gasteiger partial charge in [-0.1, -0.05) is 67.9 Å². The van der Waals surface area contributed by atoms with E-state index in [9.17, 15) is 0 Å². The second-order valence-electron chi connectivity index (χ2n) is 4.96. The highest BCUT2D eigenvalue weighted by molar-refractivity contribution is 6.31. The zero-order valence-electron chi connectivity index (χ0n) is 12.2. The molecular formula is C18H22ClN. The Morgan fingerprint density at radius 1 is 0.950 bits per heavy atom. The summed E-state index contributed by atoms with van der Waals surface area (Å²) in [7, 11) is 0. The Kier molecular flexibility index (Phi) is 5.63. The maximum absolute atomic E-state index is 6.30. The molecule has 0 aliphatic heterocycles. The molecular weight excluding hydrogens is 266 g/mol. The molecule has 1 nitrogen and oxygen atoms in total. The van der Waals surface area contributed by atoms with Gasteiger partial charge in [-0.3, -0.25) is 0 Å². The lowest BCUT2D eigenvalue weighted by molar-refractivity contribution is 0.546. The summed E-state index contributed by atoms with van der Waals surface area (Å²) in [5, 5.41) is 4.44. The van der Waals surface area contributed by atoms with E-state index in [0.29, 0.717) is 6.04 Å². The molecule has 0 aromatic heterocycles. The van der Waals surface area contributed by atoms with Crippen LogP contribution in [0.25, 0.3) is 0 Å². The van der Waals surface area contributed by atoms with Crippen molar-refractivity contribution in [3.8, 4) is 0 Å². The Labute approximate surface area is 127 Å². The van der Waals surface area contributed by atoms with Crippen LogP contribution in [0.5, 0.6) is 0 Å². The molecule has 2 aromatic rings. The Balaban J connectivity index is 2.29. The third-order valence-corrected chi connectivity index (χ3v) is 4.01. The van der Waals surface area contributed by atoms with Crippen LogP contribution >= 0.6 is 11.6 Å². The van der Waals surface area contributed by atoms with Gasteiger partial charge in [0.25, 0.3) is 0 Å². The fourth-order valence-corrected chi connectivity index (χ4v) is 2.83. The van der Waals surface area contributed by atoms with E-state index in [1.807, 2.05) is 12.1 Å². The van der Waals surface area contributed by atoms with Gasteiger partial charge in [0, 0.05) is 11.1 Å². The van der Waals surface area contributed by atoms with Crippen molar-refractivity contribution in [1.29, 1.82) is 0 Å². The van der Waals surface area contributed by atoms with Gasteiger partial charge in [-0.25, -0.2) is 0 Å². The van der Waals surface area contributed by atoms with Crippen LogP contribution in [0.4, 0.5) is 0 Å². The fourth-order valence-electron chi connectivity index (χ4n) is 2.62. The molecule has 0 amide bonds. The molecule has 0 saturated carbocycles. The minimum atomic E-state index is 0.316. The number of rotatable bonds is 6. The Hall–Kier alpha value is -1.31. The van der Waals surface area contributed by atoms with Crippen LogP contribution in [0.15, 0.2) is 48.5 Å². The van der Waals surface area contributed by atoms with Crippen LogP contribution < -0.4 is 5.32 Å². The molecule has 20 heavy (non-hydrogen) atoms. The highest BCUT2D eigenvalue weighted by atomic mass is 35.5. The third kappa shape index (κ3) is 3.62. The smallest absolute Gasteiger partial charge is 0.0438 e. The van der Waals surface area contributed by atoms with Crippen molar-refractivity contribution in [2.45, 2.75) is 32.7 Å². The number of halogens is 1. The van der Waals surface area contributed by atoms with Gasteiger partial charge in [-0.15, -0.1) is 0 Å². The highest BCUT2D eigenvalue weighted by Crippen LogP contribution is 2.25. The monoisotopic (exact) mass is 287 g/mol. The van der Waals surface area contributed by atoms with E-state index in [-0.39, 0.29) is 0 Å². The van der Waals surface area contributed by atoms with E-state index in [2.05, 4.69) is 55.6 Å². The maximum atomic E-state index is 6.30. The zero-order valence-corrected chi connectivity index (χ0v) is 13.0. The van der Waals surface area contributed by atoms with Gasteiger partial charge < -0.3 is 5.32 Å². The highest BCUT2D eigenvalue weighted by Gasteiger charge is 2.15. The molecule has 0 aliphatic carbocycles. The van der Waals surface area contributed by atoms with Gasteiger partial charge >= 0.3 is 0 Å². The molecule has 0 aliphatic rings. The lowest BCUT2D eigenvalue weighted by atomic mass is 9.93. The van der Waals surface area contributed by atoms with Gasteiger partial charge in [-0.2, -0.15) is 0 Å². The van der Waals surface area contributed by atoms with Crippen molar-refractivity contribution in [3.05, 3.63) is 70.2 Å². The largest absolute Gasteiger partial charge is 0.310 e. The molecule has 2 rings (SSSR count). The molecule has 1 unspecified atom stereocenters. The SMILES string of the molecule is CCNC(Cc1ccccc1Cl)c1ccccc1CC. The summed E-state index contributed by atoms with van der Waals surface area (Å²) < 4.78 is 0. The summed E-state index contributed by atoms with van der Waals surface area (Å²) >= 11 is 6.30. The van der Waals surface area contributed by atoms with Crippen LogP contribution in [0.2, 0.25) is 5.02 Å². The molecule has 0 saturated heterocycles. The van der Waals surface area contributed by atoms with Crippen molar-refractivity contribution in [1.82, 2.24) is 5.32 Å². The predicted octanol–water partition coefficient (Wildman–Crippen LogP) is 4.80. The molecule has 0 spiro atoms. The molecule has 1 N–H and O–H groups in total. The molecule has 2 heteroatoms. The first-order chi connectivity index (χ1) is 9.76. The standard InChI is InChI=1S/C18H22ClN/c1-3-14-9-5-7-11-16(14)18(20-4-2)13-15-10-6-8-12-17(15)19/h5-12,18,20H,3-4,13H2,1-2H3. The van der Waals surface area contributed by atoms with Gasteiger partial charge in [0.2, 0.25) is 0 Å². The van der Waals surface area contributed by atoms with Crippen molar-refractivity contribution >= 4 is 11.6 Å². The van der Waals surface area contributed by atoms with E-state index in [4.69, 9.17) is 11.6 Å². The first kappa shape index (κ1) is 15.1. The molecule has 2 aromatic carbocycles. The lowest BCUT2D eigenvalue weighted by Crippen LogP contribution is -2.24. The van der Waals surface area contributed by atoms with Crippen molar-refractivity contribution < 1.29 is 0 Å².